The van der Waals surface area contributed by atoms with Gasteiger partial charge in [-0.05, 0) is 18.2 Å². The van der Waals surface area contributed by atoms with Crippen molar-refractivity contribution in [3.8, 4) is 17.1 Å². The summed E-state index contributed by atoms with van der Waals surface area (Å²) in [6.45, 7) is 0. The van der Waals surface area contributed by atoms with Gasteiger partial charge in [0.05, 0.1) is 5.02 Å². The van der Waals surface area contributed by atoms with Gasteiger partial charge in [0.25, 0.3) is 0 Å². The SMILES string of the molecule is FC(F)(F)Oc1cccc(-c2ncccn2)c1Cl. The van der Waals surface area contributed by atoms with Gasteiger partial charge < -0.3 is 4.74 Å². The van der Waals surface area contributed by atoms with E-state index in [1.54, 1.807) is 6.07 Å². The standard InChI is InChI=1S/C11H6ClF3N2O/c12-9-7(10-16-5-2-6-17-10)3-1-4-8(9)18-11(13,14)15/h1-6H. The molecule has 0 unspecified atom stereocenters. The predicted octanol–water partition coefficient (Wildman–Crippen LogP) is 3.70. The summed E-state index contributed by atoms with van der Waals surface area (Å²) in [7, 11) is 0. The van der Waals surface area contributed by atoms with Crippen molar-refractivity contribution >= 4 is 11.6 Å². The fourth-order valence-electron chi connectivity index (χ4n) is 1.33. The zero-order valence-electron chi connectivity index (χ0n) is 8.78. The van der Waals surface area contributed by atoms with Crippen LogP contribution in [0.2, 0.25) is 5.02 Å². The van der Waals surface area contributed by atoms with E-state index in [1.807, 2.05) is 0 Å². The first-order chi connectivity index (χ1) is 8.47. The molecule has 0 spiro atoms. The molecule has 0 atom stereocenters. The van der Waals surface area contributed by atoms with Crippen LogP contribution in [0.25, 0.3) is 11.4 Å². The third-order valence-electron chi connectivity index (χ3n) is 2.00. The van der Waals surface area contributed by atoms with Crippen LogP contribution in [0.1, 0.15) is 0 Å². The monoisotopic (exact) mass is 274 g/mol. The molecule has 0 fully saturated rings. The zero-order valence-corrected chi connectivity index (χ0v) is 9.53. The first-order valence-corrected chi connectivity index (χ1v) is 5.17. The highest BCUT2D eigenvalue weighted by Gasteiger charge is 2.32. The summed E-state index contributed by atoms with van der Waals surface area (Å²) < 4.78 is 40.2. The maximum atomic E-state index is 12.1. The second kappa shape index (κ2) is 4.81. The normalized spacial score (nSPS) is 11.3. The Bertz CT molecular complexity index is 546. The summed E-state index contributed by atoms with van der Waals surface area (Å²) in [6.07, 6.45) is -1.86. The Labute approximate surface area is 105 Å². The summed E-state index contributed by atoms with van der Waals surface area (Å²) in [5.41, 5.74) is 0.277. The summed E-state index contributed by atoms with van der Waals surface area (Å²) in [5.74, 6) is -0.246. The van der Waals surface area contributed by atoms with Crippen LogP contribution in [0, 0.1) is 0 Å². The van der Waals surface area contributed by atoms with E-state index >= 15 is 0 Å². The molecule has 1 aromatic heterocycles. The third-order valence-corrected chi connectivity index (χ3v) is 2.39. The Morgan fingerprint density at radius 2 is 1.72 bits per heavy atom. The second-order valence-corrected chi connectivity index (χ2v) is 3.62. The molecule has 3 nitrogen and oxygen atoms in total. The maximum Gasteiger partial charge on any atom is 0.573 e. The Hall–Kier alpha value is -1.82. The number of alkyl halides is 3. The van der Waals surface area contributed by atoms with Crippen molar-refractivity contribution in [1.29, 1.82) is 0 Å². The molecule has 0 aliphatic carbocycles. The van der Waals surface area contributed by atoms with Crippen LogP contribution < -0.4 is 4.74 Å². The molecule has 18 heavy (non-hydrogen) atoms. The van der Waals surface area contributed by atoms with Crippen molar-refractivity contribution in [1.82, 2.24) is 9.97 Å². The highest BCUT2D eigenvalue weighted by Crippen LogP contribution is 2.36. The second-order valence-electron chi connectivity index (χ2n) is 3.24. The van der Waals surface area contributed by atoms with Gasteiger partial charge >= 0.3 is 6.36 Å². The van der Waals surface area contributed by atoms with Crippen molar-refractivity contribution in [2.75, 3.05) is 0 Å². The highest BCUT2D eigenvalue weighted by molar-refractivity contribution is 6.34. The van der Waals surface area contributed by atoms with Gasteiger partial charge in [0, 0.05) is 18.0 Å². The molecule has 0 aliphatic heterocycles. The predicted molar refractivity (Wildman–Crippen MR) is 59.2 cm³/mol. The molecule has 2 aromatic rings. The van der Waals surface area contributed by atoms with Gasteiger partial charge in [-0.25, -0.2) is 9.97 Å². The lowest BCUT2D eigenvalue weighted by molar-refractivity contribution is -0.274. The molecular weight excluding hydrogens is 269 g/mol. The van der Waals surface area contributed by atoms with E-state index in [9.17, 15) is 13.2 Å². The van der Waals surface area contributed by atoms with Crippen molar-refractivity contribution in [3.05, 3.63) is 41.7 Å². The van der Waals surface area contributed by atoms with Gasteiger partial charge in [-0.3, -0.25) is 0 Å². The number of hydrogen-bond acceptors (Lipinski definition) is 3. The van der Waals surface area contributed by atoms with E-state index in [0.29, 0.717) is 0 Å². The van der Waals surface area contributed by atoms with Gasteiger partial charge in [-0.15, -0.1) is 13.2 Å². The minimum Gasteiger partial charge on any atom is -0.404 e. The Balaban J connectivity index is 2.43. The summed E-state index contributed by atoms with van der Waals surface area (Å²) in [4.78, 5) is 7.83. The molecule has 94 valence electrons. The van der Waals surface area contributed by atoms with E-state index in [-0.39, 0.29) is 16.4 Å². The fourth-order valence-corrected chi connectivity index (χ4v) is 1.57. The van der Waals surface area contributed by atoms with E-state index in [0.717, 1.165) is 6.07 Å². The number of aromatic nitrogens is 2. The topological polar surface area (TPSA) is 35.0 Å². The van der Waals surface area contributed by atoms with Gasteiger partial charge in [-0.2, -0.15) is 0 Å². The summed E-state index contributed by atoms with van der Waals surface area (Å²) in [6, 6.07) is 5.62. The molecule has 0 N–H and O–H groups in total. The number of hydrogen-bond donors (Lipinski definition) is 0. The largest absolute Gasteiger partial charge is 0.573 e. The highest BCUT2D eigenvalue weighted by atomic mass is 35.5. The Morgan fingerprint density at radius 1 is 1.06 bits per heavy atom. The molecule has 0 radical (unpaired) electrons. The minimum atomic E-state index is -4.79. The quantitative estimate of drug-likeness (QED) is 0.837. The number of ether oxygens (including phenoxy) is 1. The Kier molecular flexibility index (Phi) is 3.38. The molecule has 0 saturated heterocycles. The van der Waals surface area contributed by atoms with Gasteiger partial charge in [0.2, 0.25) is 0 Å². The fraction of sp³-hybridized carbons (Fsp3) is 0.0909. The minimum absolute atomic E-state index is 0.180. The van der Waals surface area contributed by atoms with Crippen LogP contribution in [0.4, 0.5) is 13.2 Å². The lowest BCUT2D eigenvalue weighted by atomic mass is 10.2. The third kappa shape index (κ3) is 2.89. The smallest absolute Gasteiger partial charge is 0.404 e. The van der Waals surface area contributed by atoms with Gasteiger partial charge in [-0.1, -0.05) is 17.7 Å². The van der Waals surface area contributed by atoms with E-state index in [2.05, 4.69) is 14.7 Å². The van der Waals surface area contributed by atoms with Crippen LogP contribution in [0.15, 0.2) is 36.7 Å². The van der Waals surface area contributed by atoms with Crippen LogP contribution in [-0.4, -0.2) is 16.3 Å². The molecule has 1 heterocycles. The molecule has 2 rings (SSSR count). The molecule has 0 aliphatic rings. The van der Waals surface area contributed by atoms with E-state index in [1.165, 1.54) is 24.5 Å². The zero-order chi connectivity index (χ0) is 13.2. The van der Waals surface area contributed by atoms with Crippen molar-refractivity contribution in [2.45, 2.75) is 6.36 Å². The first kappa shape index (κ1) is 12.6. The van der Waals surface area contributed by atoms with Crippen molar-refractivity contribution < 1.29 is 17.9 Å². The number of rotatable bonds is 2. The van der Waals surface area contributed by atoms with Gasteiger partial charge in [0.1, 0.15) is 5.75 Å². The van der Waals surface area contributed by atoms with Gasteiger partial charge in [0.15, 0.2) is 5.82 Å². The van der Waals surface area contributed by atoms with Crippen molar-refractivity contribution in [2.24, 2.45) is 0 Å². The molecule has 0 bridgehead atoms. The number of halogens is 4. The molecule has 0 saturated carbocycles. The van der Waals surface area contributed by atoms with Crippen LogP contribution >= 0.6 is 11.6 Å². The van der Waals surface area contributed by atoms with Crippen molar-refractivity contribution in [3.63, 3.8) is 0 Å². The first-order valence-electron chi connectivity index (χ1n) is 4.79. The maximum absolute atomic E-state index is 12.1. The number of benzene rings is 1. The molecule has 0 amide bonds. The lowest BCUT2D eigenvalue weighted by Gasteiger charge is -2.12. The molecule has 7 heteroatoms. The molecular formula is C11H6ClF3N2O. The average molecular weight is 275 g/mol. The summed E-state index contributed by atoms with van der Waals surface area (Å²) in [5, 5.41) is -0.180. The van der Waals surface area contributed by atoms with Crippen LogP contribution in [0.3, 0.4) is 0 Å². The van der Waals surface area contributed by atoms with E-state index in [4.69, 9.17) is 11.6 Å². The van der Waals surface area contributed by atoms with E-state index < -0.39 is 12.1 Å². The molecule has 1 aromatic carbocycles. The average Bonchev–Trinajstić information content (AvgIpc) is 2.31. The Morgan fingerprint density at radius 3 is 2.33 bits per heavy atom. The number of nitrogens with zero attached hydrogens (tertiary/aromatic N) is 2. The summed E-state index contributed by atoms with van der Waals surface area (Å²) >= 11 is 5.84. The van der Waals surface area contributed by atoms with Crippen LogP contribution in [0.5, 0.6) is 5.75 Å². The van der Waals surface area contributed by atoms with Crippen LogP contribution in [-0.2, 0) is 0 Å². The lowest BCUT2D eigenvalue weighted by Crippen LogP contribution is -2.17.